The highest BCUT2D eigenvalue weighted by molar-refractivity contribution is 5.82. The monoisotopic (exact) mass is 271 g/mol. The fourth-order valence-corrected chi connectivity index (χ4v) is 1.97. The predicted molar refractivity (Wildman–Crippen MR) is 68.6 cm³/mol. The number of rotatable bonds is 4. The zero-order valence-corrected chi connectivity index (χ0v) is 11.3. The second kappa shape index (κ2) is 6.96. The summed E-state index contributed by atoms with van der Waals surface area (Å²) in [5.41, 5.74) is 0. The topological polar surface area (TPSA) is 98.7 Å². The Balaban J connectivity index is 2.31. The molecule has 0 radical (unpaired) electrons. The second-order valence-electron chi connectivity index (χ2n) is 4.88. The van der Waals surface area contributed by atoms with Crippen molar-refractivity contribution in [2.24, 2.45) is 5.92 Å². The molecule has 0 aliphatic carbocycles. The van der Waals surface area contributed by atoms with E-state index >= 15 is 0 Å². The average Bonchev–Trinajstić information content (AvgIpc) is 2.36. The van der Waals surface area contributed by atoms with Crippen molar-refractivity contribution in [2.45, 2.75) is 32.7 Å². The van der Waals surface area contributed by atoms with Crippen LogP contribution in [0, 0.1) is 5.92 Å². The van der Waals surface area contributed by atoms with E-state index in [4.69, 9.17) is 5.11 Å². The van der Waals surface area contributed by atoms with Crippen molar-refractivity contribution in [2.75, 3.05) is 19.6 Å². The van der Waals surface area contributed by atoms with E-state index < -0.39 is 12.0 Å². The molecule has 1 rings (SSSR count). The molecule has 1 saturated heterocycles. The normalized spacial score (nSPS) is 17.7. The maximum atomic E-state index is 11.8. The first kappa shape index (κ1) is 15.3. The van der Waals surface area contributed by atoms with Gasteiger partial charge >= 0.3 is 12.0 Å². The van der Waals surface area contributed by atoms with Crippen LogP contribution in [0.3, 0.4) is 0 Å². The van der Waals surface area contributed by atoms with Gasteiger partial charge in [0, 0.05) is 26.6 Å². The number of nitrogens with zero attached hydrogens (tertiary/aromatic N) is 1. The summed E-state index contributed by atoms with van der Waals surface area (Å²) >= 11 is 0. The van der Waals surface area contributed by atoms with Crippen molar-refractivity contribution in [3.05, 3.63) is 0 Å². The zero-order valence-electron chi connectivity index (χ0n) is 11.3. The van der Waals surface area contributed by atoms with Gasteiger partial charge in [0.1, 0.15) is 6.04 Å². The van der Waals surface area contributed by atoms with Gasteiger partial charge in [-0.2, -0.15) is 0 Å². The van der Waals surface area contributed by atoms with Crippen molar-refractivity contribution in [1.82, 2.24) is 15.5 Å². The molecule has 7 heteroatoms. The number of hydrogen-bond donors (Lipinski definition) is 3. The highest BCUT2D eigenvalue weighted by Gasteiger charge is 2.24. The van der Waals surface area contributed by atoms with Crippen LogP contribution in [0.5, 0.6) is 0 Å². The van der Waals surface area contributed by atoms with E-state index in [1.165, 1.54) is 13.8 Å². The Morgan fingerprint density at radius 2 is 1.89 bits per heavy atom. The third-order valence-corrected chi connectivity index (χ3v) is 3.25. The van der Waals surface area contributed by atoms with Crippen molar-refractivity contribution in [1.29, 1.82) is 0 Å². The summed E-state index contributed by atoms with van der Waals surface area (Å²) in [5.74, 6) is -0.714. The molecular formula is C12H21N3O4. The first-order valence-corrected chi connectivity index (χ1v) is 6.43. The number of nitrogens with one attached hydrogen (secondary N) is 2. The van der Waals surface area contributed by atoms with Gasteiger partial charge in [-0.1, -0.05) is 0 Å². The van der Waals surface area contributed by atoms with Crippen LogP contribution < -0.4 is 10.6 Å². The average molecular weight is 271 g/mol. The molecule has 0 aromatic heterocycles. The lowest BCUT2D eigenvalue weighted by atomic mass is 9.97. The molecule has 3 N–H and O–H groups in total. The third kappa shape index (κ3) is 5.15. The Morgan fingerprint density at radius 3 is 2.37 bits per heavy atom. The van der Waals surface area contributed by atoms with Gasteiger partial charge in [0.15, 0.2) is 0 Å². The van der Waals surface area contributed by atoms with Crippen LogP contribution in [0.15, 0.2) is 0 Å². The SMILES string of the molecule is CC(=O)NCC1CCN(C(=O)N[C@H](C)C(=O)O)CC1. The van der Waals surface area contributed by atoms with Crippen LogP contribution in [-0.2, 0) is 9.59 Å². The Kier molecular flexibility index (Phi) is 5.59. The lowest BCUT2D eigenvalue weighted by Gasteiger charge is -2.32. The van der Waals surface area contributed by atoms with Crippen LogP contribution in [-0.4, -0.2) is 53.6 Å². The van der Waals surface area contributed by atoms with Crippen LogP contribution in [0.2, 0.25) is 0 Å². The molecule has 0 unspecified atom stereocenters. The number of hydrogen-bond acceptors (Lipinski definition) is 3. The summed E-state index contributed by atoms with van der Waals surface area (Å²) in [6.07, 6.45) is 1.63. The maximum Gasteiger partial charge on any atom is 0.325 e. The Morgan fingerprint density at radius 1 is 1.32 bits per heavy atom. The van der Waals surface area contributed by atoms with Gasteiger partial charge in [-0.05, 0) is 25.7 Å². The molecule has 108 valence electrons. The van der Waals surface area contributed by atoms with Gasteiger partial charge < -0.3 is 20.6 Å². The lowest BCUT2D eigenvalue weighted by molar-refractivity contribution is -0.138. The molecule has 1 aliphatic rings. The number of likely N-dealkylation sites (tertiary alicyclic amines) is 1. The minimum atomic E-state index is -1.05. The van der Waals surface area contributed by atoms with Gasteiger partial charge in [-0.15, -0.1) is 0 Å². The van der Waals surface area contributed by atoms with E-state index in [-0.39, 0.29) is 11.9 Å². The van der Waals surface area contributed by atoms with Gasteiger partial charge in [-0.25, -0.2) is 4.79 Å². The smallest absolute Gasteiger partial charge is 0.325 e. The summed E-state index contributed by atoms with van der Waals surface area (Å²) < 4.78 is 0. The summed E-state index contributed by atoms with van der Waals surface area (Å²) in [7, 11) is 0. The molecule has 0 bridgehead atoms. The number of amides is 3. The molecule has 1 atom stereocenters. The summed E-state index contributed by atoms with van der Waals surface area (Å²) in [6, 6.07) is -1.22. The van der Waals surface area contributed by atoms with E-state index in [2.05, 4.69) is 10.6 Å². The first-order valence-electron chi connectivity index (χ1n) is 6.43. The highest BCUT2D eigenvalue weighted by Crippen LogP contribution is 2.16. The van der Waals surface area contributed by atoms with Gasteiger partial charge in [0.2, 0.25) is 5.91 Å². The first-order chi connectivity index (χ1) is 8.90. The molecule has 3 amide bonds. The maximum absolute atomic E-state index is 11.8. The van der Waals surface area contributed by atoms with Crippen LogP contribution >= 0.6 is 0 Å². The molecule has 19 heavy (non-hydrogen) atoms. The van der Waals surface area contributed by atoms with Gasteiger partial charge in [0.25, 0.3) is 0 Å². The Labute approximate surface area is 112 Å². The molecule has 1 heterocycles. The van der Waals surface area contributed by atoms with Gasteiger partial charge in [0.05, 0.1) is 0 Å². The van der Waals surface area contributed by atoms with E-state index in [9.17, 15) is 14.4 Å². The molecule has 0 spiro atoms. The Hall–Kier alpha value is -1.79. The van der Waals surface area contributed by atoms with Crippen molar-refractivity contribution >= 4 is 17.9 Å². The van der Waals surface area contributed by atoms with Crippen molar-refractivity contribution in [3.63, 3.8) is 0 Å². The van der Waals surface area contributed by atoms with Gasteiger partial charge in [-0.3, -0.25) is 9.59 Å². The molecular weight excluding hydrogens is 250 g/mol. The van der Waals surface area contributed by atoms with Crippen LogP contribution in [0.25, 0.3) is 0 Å². The third-order valence-electron chi connectivity index (χ3n) is 3.25. The van der Waals surface area contributed by atoms with Crippen molar-refractivity contribution < 1.29 is 19.5 Å². The summed E-state index contributed by atoms with van der Waals surface area (Å²) in [4.78, 5) is 34.8. The minimum absolute atomic E-state index is 0.0459. The minimum Gasteiger partial charge on any atom is -0.480 e. The Bertz CT molecular complexity index is 351. The highest BCUT2D eigenvalue weighted by atomic mass is 16.4. The second-order valence-corrected chi connectivity index (χ2v) is 4.88. The van der Waals surface area contributed by atoms with Crippen LogP contribution in [0.4, 0.5) is 4.79 Å². The molecule has 0 aromatic rings. The number of carbonyl (C=O) groups is 3. The number of carbonyl (C=O) groups excluding carboxylic acids is 2. The number of piperidine rings is 1. The molecule has 1 aliphatic heterocycles. The summed E-state index contributed by atoms with van der Waals surface area (Å²) in [5, 5.41) is 13.9. The number of aliphatic carboxylic acids is 1. The molecule has 7 nitrogen and oxygen atoms in total. The lowest BCUT2D eigenvalue weighted by Crippen LogP contribution is -2.49. The molecule has 0 aromatic carbocycles. The van der Waals surface area contributed by atoms with E-state index in [0.29, 0.717) is 25.6 Å². The van der Waals surface area contributed by atoms with E-state index in [0.717, 1.165) is 12.8 Å². The molecule has 0 saturated carbocycles. The predicted octanol–water partition coefficient (Wildman–Crippen LogP) is 0.0172. The molecule has 1 fully saturated rings. The number of carboxylic acids is 1. The number of urea groups is 1. The van der Waals surface area contributed by atoms with E-state index in [1.807, 2.05) is 0 Å². The standard InChI is InChI=1S/C12H21N3O4/c1-8(11(17)18)14-12(19)15-5-3-10(4-6-15)7-13-9(2)16/h8,10H,3-7H2,1-2H3,(H,13,16)(H,14,19)(H,17,18)/t8-/m1/s1. The largest absolute Gasteiger partial charge is 0.480 e. The fourth-order valence-electron chi connectivity index (χ4n) is 1.97. The van der Waals surface area contributed by atoms with Crippen LogP contribution in [0.1, 0.15) is 26.7 Å². The summed E-state index contributed by atoms with van der Waals surface area (Å²) in [6.45, 7) is 4.72. The fraction of sp³-hybridized carbons (Fsp3) is 0.750. The van der Waals surface area contributed by atoms with Crippen molar-refractivity contribution in [3.8, 4) is 0 Å². The van der Waals surface area contributed by atoms with E-state index in [1.54, 1.807) is 4.90 Å². The quantitative estimate of drug-likeness (QED) is 0.671. The number of carboxylic acid groups (broad SMARTS) is 1. The zero-order chi connectivity index (χ0) is 14.4.